The maximum Gasteiger partial charge on any atom is 0.0461 e. The molecule has 0 spiro atoms. The molecule has 7 aromatic carbocycles. The van der Waals surface area contributed by atoms with Crippen LogP contribution in [0, 0.1) is 0 Å². The molecule has 0 saturated heterocycles. The van der Waals surface area contributed by atoms with Gasteiger partial charge in [-0.25, -0.2) is 0 Å². The molecule has 48 heavy (non-hydrogen) atoms. The summed E-state index contributed by atoms with van der Waals surface area (Å²) in [5.74, 6) is 0.309. The first kappa shape index (κ1) is 40.4. The number of benzene rings is 7. The molecule has 0 aliphatic carbocycles. The Bertz CT molecular complexity index is 1370. The van der Waals surface area contributed by atoms with Crippen molar-refractivity contribution in [3.8, 4) is 0 Å². The highest BCUT2D eigenvalue weighted by Crippen LogP contribution is 2.34. The fourth-order valence-corrected chi connectivity index (χ4v) is 5.08. The van der Waals surface area contributed by atoms with Gasteiger partial charge in [-0.1, -0.05) is 212 Å². The Morgan fingerprint density at radius 3 is 0.604 bits per heavy atom. The third kappa shape index (κ3) is 11.9. The van der Waals surface area contributed by atoms with E-state index in [4.69, 9.17) is 0 Å². The fraction of sp³-hybridized carbons (Fsp3) is 0.106. The van der Waals surface area contributed by atoms with E-state index in [1.807, 2.05) is 54.6 Å². The summed E-state index contributed by atoms with van der Waals surface area (Å²) in [6.45, 7) is 0. The van der Waals surface area contributed by atoms with Gasteiger partial charge in [0.2, 0.25) is 0 Å². The smallest absolute Gasteiger partial charge is 0.0461 e. The van der Waals surface area contributed by atoms with Crippen molar-refractivity contribution in [3.05, 3.63) is 235 Å². The molecule has 0 N–H and O–H groups in total. The summed E-state index contributed by atoms with van der Waals surface area (Å²) in [6, 6.07) is 75.3. The maximum atomic E-state index is 2.25. The molecule has 7 aromatic rings. The lowest BCUT2D eigenvalue weighted by Gasteiger charge is -2.25. The van der Waals surface area contributed by atoms with Gasteiger partial charge in [0.1, 0.15) is 0 Å². The second kappa shape index (κ2) is 22.8. The summed E-state index contributed by atoms with van der Waals surface area (Å²) in [7, 11) is 0. The molecule has 7 rings (SSSR count). The number of hydrogen-bond donors (Lipinski definition) is 0. The molecule has 0 aliphatic heterocycles. The Morgan fingerprint density at radius 2 is 0.396 bits per heavy atom. The van der Waals surface area contributed by atoms with E-state index in [1.54, 1.807) is 0 Å². The highest BCUT2D eigenvalue weighted by molar-refractivity contribution is 5.76. The zero-order valence-electron chi connectivity index (χ0n) is 24.8. The topological polar surface area (TPSA) is 3.24 Å². The lowest BCUT2D eigenvalue weighted by molar-refractivity contribution is 0.977. The predicted octanol–water partition coefficient (Wildman–Crippen LogP) is 14.3. The van der Waals surface area contributed by atoms with Crippen LogP contribution in [0.2, 0.25) is 0 Å². The van der Waals surface area contributed by atoms with Gasteiger partial charge in [-0.05, 0) is 53.1 Å². The monoisotopic (exact) mass is 631 g/mol. The van der Waals surface area contributed by atoms with Crippen LogP contribution in [-0.2, 0) is 0 Å². The van der Waals surface area contributed by atoms with Crippen molar-refractivity contribution in [2.45, 2.75) is 35.6 Å². The van der Waals surface area contributed by atoms with E-state index in [-0.39, 0.29) is 29.7 Å². The van der Waals surface area contributed by atoms with E-state index in [2.05, 4.69) is 169 Å². The quantitative estimate of drug-likeness (QED) is 0.165. The summed E-state index contributed by atoms with van der Waals surface area (Å²) in [6.07, 6.45) is 0. The number of para-hydroxylation sites is 3. The van der Waals surface area contributed by atoms with Crippen molar-refractivity contribution in [2.24, 2.45) is 0 Å². The minimum Gasteiger partial charge on any atom is -0.311 e. The standard InChI is InChI=1S/C19H16.C18H15N.C6H6.4CH4/c2*1-4-10-16(11-5-1)19(17-12-6-2-7-13-17)18-14-8-3-9-15-18;1-2-4-6-5-3-1;;;;/h1-15,19H;1-15H;1-6H;4*1H4. The van der Waals surface area contributed by atoms with Gasteiger partial charge < -0.3 is 4.90 Å². The zero-order valence-corrected chi connectivity index (χ0v) is 24.8. The molecule has 0 aromatic heterocycles. The summed E-state index contributed by atoms with van der Waals surface area (Å²) < 4.78 is 0. The van der Waals surface area contributed by atoms with E-state index in [0.717, 1.165) is 0 Å². The van der Waals surface area contributed by atoms with Crippen LogP contribution in [0.3, 0.4) is 0 Å². The molecular weight excluding hydrogens is 579 g/mol. The molecule has 0 unspecified atom stereocenters. The Labute approximate surface area is 291 Å². The first-order valence-corrected chi connectivity index (χ1v) is 15.0. The van der Waals surface area contributed by atoms with Crippen LogP contribution in [0.4, 0.5) is 17.1 Å². The molecule has 0 atom stereocenters. The van der Waals surface area contributed by atoms with Crippen LogP contribution in [0.5, 0.6) is 0 Å². The largest absolute Gasteiger partial charge is 0.311 e. The second-order valence-corrected chi connectivity index (χ2v) is 10.2. The number of hydrogen-bond acceptors (Lipinski definition) is 1. The normalized spacial score (nSPS) is 9.19. The van der Waals surface area contributed by atoms with Gasteiger partial charge >= 0.3 is 0 Å². The Kier molecular flexibility index (Phi) is 19.2. The number of rotatable bonds is 6. The highest BCUT2D eigenvalue weighted by Gasteiger charge is 2.15. The molecule has 0 heterocycles. The minimum absolute atomic E-state index is 0. The SMILES string of the molecule is C.C.C.C.c1ccc(C(c2ccccc2)c2ccccc2)cc1.c1ccc(N(c2ccccc2)c2ccccc2)cc1.c1ccccc1. The summed E-state index contributed by atoms with van der Waals surface area (Å²) in [4.78, 5) is 2.25. The predicted molar refractivity (Wildman–Crippen MR) is 215 cm³/mol. The summed E-state index contributed by atoms with van der Waals surface area (Å²) in [5.41, 5.74) is 7.50. The van der Waals surface area contributed by atoms with Crippen LogP contribution >= 0.6 is 0 Å². The molecule has 0 fully saturated rings. The van der Waals surface area contributed by atoms with Crippen LogP contribution in [-0.4, -0.2) is 0 Å². The van der Waals surface area contributed by atoms with Crippen molar-refractivity contribution in [3.63, 3.8) is 0 Å². The summed E-state index contributed by atoms with van der Waals surface area (Å²) >= 11 is 0. The van der Waals surface area contributed by atoms with Crippen LogP contribution in [0.15, 0.2) is 218 Å². The molecule has 1 nitrogen and oxygen atoms in total. The van der Waals surface area contributed by atoms with E-state index in [9.17, 15) is 0 Å². The second-order valence-electron chi connectivity index (χ2n) is 10.2. The molecular formula is C47H53N. The number of anilines is 3. The van der Waals surface area contributed by atoms with Gasteiger partial charge in [-0.3, -0.25) is 0 Å². The van der Waals surface area contributed by atoms with Gasteiger partial charge in [0, 0.05) is 23.0 Å². The molecule has 1 heteroatoms. The Balaban J connectivity index is 0.000000382. The average molecular weight is 632 g/mol. The van der Waals surface area contributed by atoms with E-state index in [1.165, 1.54) is 33.8 Å². The van der Waals surface area contributed by atoms with Gasteiger partial charge in [-0.2, -0.15) is 0 Å². The maximum absolute atomic E-state index is 2.25. The highest BCUT2D eigenvalue weighted by atomic mass is 15.1. The first-order chi connectivity index (χ1) is 21.9. The van der Waals surface area contributed by atoms with Gasteiger partial charge in [0.25, 0.3) is 0 Å². The van der Waals surface area contributed by atoms with E-state index >= 15 is 0 Å². The number of nitrogens with zero attached hydrogens (tertiary/aromatic N) is 1. The molecule has 246 valence electrons. The van der Waals surface area contributed by atoms with E-state index < -0.39 is 0 Å². The summed E-state index contributed by atoms with van der Waals surface area (Å²) in [5, 5.41) is 0. The molecule has 0 radical (unpaired) electrons. The average Bonchev–Trinajstić information content (AvgIpc) is 3.13. The van der Waals surface area contributed by atoms with Gasteiger partial charge in [-0.15, -0.1) is 0 Å². The fourth-order valence-electron chi connectivity index (χ4n) is 5.08. The first-order valence-electron chi connectivity index (χ1n) is 15.0. The van der Waals surface area contributed by atoms with Crippen molar-refractivity contribution >= 4 is 17.1 Å². The molecule has 0 bridgehead atoms. The zero-order chi connectivity index (χ0) is 30.1. The van der Waals surface area contributed by atoms with Crippen molar-refractivity contribution in [1.29, 1.82) is 0 Å². The minimum atomic E-state index is 0. The molecule has 0 aliphatic rings. The van der Waals surface area contributed by atoms with Crippen molar-refractivity contribution in [1.82, 2.24) is 0 Å². The van der Waals surface area contributed by atoms with Crippen LogP contribution in [0.25, 0.3) is 0 Å². The lowest BCUT2D eigenvalue weighted by Crippen LogP contribution is -2.09. The van der Waals surface area contributed by atoms with Gasteiger partial charge in [0.15, 0.2) is 0 Å². The van der Waals surface area contributed by atoms with E-state index in [0.29, 0.717) is 5.92 Å². The lowest BCUT2D eigenvalue weighted by atomic mass is 9.85. The third-order valence-corrected chi connectivity index (χ3v) is 7.11. The molecule has 0 amide bonds. The third-order valence-electron chi connectivity index (χ3n) is 7.11. The Hall–Kier alpha value is -5.66. The molecule has 0 saturated carbocycles. The Morgan fingerprint density at radius 1 is 0.229 bits per heavy atom. The van der Waals surface area contributed by atoms with Crippen molar-refractivity contribution < 1.29 is 0 Å². The van der Waals surface area contributed by atoms with Crippen LogP contribution in [0.1, 0.15) is 52.3 Å². The van der Waals surface area contributed by atoms with Gasteiger partial charge in [0.05, 0.1) is 0 Å². The van der Waals surface area contributed by atoms with Crippen molar-refractivity contribution in [2.75, 3.05) is 4.90 Å². The van der Waals surface area contributed by atoms with Crippen LogP contribution < -0.4 is 4.90 Å².